The zero-order valence-corrected chi connectivity index (χ0v) is 29.3. The number of rotatable bonds is 7. The molecule has 14 heteroatoms. The Morgan fingerprint density at radius 1 is 0.918 bits per heavy atom. The lowest BCUT2D eigenvalue weighted by atomic mass is 10.1. The Morgan fingerprint density at radius 3 is 2.47 bits per heavy atom. The molecule has 3 heterocycles. The molecule has 0 spiro atoms. The SMILES string of the molecule is COc1cc(C=C2SC(=S)N(c3cccc4ccccc34)C2=O)ccc1Oc1nc2c(c(=O)n(C)c(=O)n2C)n1Cc1ccc(Cl)cc1Cl. The number of anilines is 1. The van der Waals surface area contributed by atoms with Gasteiger partial charge in [-0.2, -0.15) is 4.98 Å². The Kier molecular flexibility index (Phi) is 8.57. The number of fused-ring (bicyclic) bond motifs is 2. The van der Waals surface area contributed by atoms with Gasteiger partial charge in [-0.25, -0.2) is 4.79 Å². The van der Waals surface area contributed by atoms with Crippen LogP contribution in [0.2, 0.25) is 10.0 Å². The molecule has 1 amide bonds. The standard InChI is InChI=1S/C35H25Cl2N5O5S2/c1-39-30-29(32(44)40(2)34(39)45)41(18-21-12-13-22(36)17-24(21)37)33(38-30)47-26-14-11-19(15-27(26)46-3)16-28-31(43)42(35(48)49-28)25-10-6-8-20-7-4-5-9-23(20)25/h4-17H,18H2,1-3H3. The van der Waals surface area contributed by atoms with Crippen LogP contribution in [0.4, 0.5) is 5.69 Å². The highest BCUT2D eigenvalue weighted by atomic mass is 35.5. The van der Waals surface area contributed by atoms with Crippen LogP contribution in [-0.2, 0) is 25.4 Å². The van der Waals surface area contributed by atoms with Gasteiger partial charge in [-0.1, -0.05) is 95.7 Å². The first-order valence-corrected chi connectivity index (χ1v) is 16.8. The number of hydrogen-bond acceptors (Lipinski definition) is 8. The fourth-order valence-electron chi connectivity index (χ4n) is 5.66. The first-order chi connectivity index (χ1) is 23.5. The summed E-state index contributed by atoms with van der Waals surface area (Å²) in [5.41, 5.74) is 1.24. The highest BCUT2D eigenvalue weighted by Crippen LogP contribution is 2.40. The highest BCUT2D eigenvalue weighted by Gasteiger charge is 2.34. The summed E-state index contributed by atoms with van der Waals surface area (Å²) in [5, 5.41) is 2.77. The lowest BCUT2D eigenvalue weighted by Gasteiger charge is -2.17. The number of ether oxygens (including phenoxy) is 2. The van der Waals surface area contributed by atoms with Crippen molar-refractivity contribution in [2.45, 2.75) is 6.54 Å². The zero-order valence-electron chi connectivity index (χ0n) is 26.1. The monoisotopic (exact) mass is 729 g/mol. The Hall–Kier alpha value is -4.88. The van der Waals surface area contributed by atoms with Gasteiger partial charge in [-0.05, 0) is 52.9 Å². The number of aromatic nitrogens is 4. The molecular formula is C35H25Cl2N5O5S2. The normalized spacial score (nSPS) is 14.1. The summed E-state index contributed by atoms with van der Waals surface area (Å²) in [4.78, 5) is 46.4. The number of hydrogen-bond donors (Lipinski definition) is 0. The average Bonchev–Trinajstić information content (AvgIpc) is 3.59. The van der Waals surface area contributed by atoms with E-state index in [9.17, 15) is 14.4 Å². The van der Waals surface area contributed by atoms with Crippen molar-refractivity contribution in [3.05, 3.63) is 126 Å². The molecule has 6 aromatic rings. The van der Waals surface area contributed by atoms with Gasteiger partial charge >= 0.3 is 11.7 Å². The van der Waals surface area contributed by atoms with Crippen molar-refractivity contribution >= 4 is 91.1 Å². The summed E-state index contributed by atoms with van der Waals surface area (Å²) in [6.07, 6.45) is 1.74. The van der Waals surface area contributed by atoms with Gasteiger partial charge in [0.2, 0.25) is 0 Å². The van der Waals surface area contributed by atoms with Crippen LogP contribution >= 0.6 is 47.2 Å². The van der Waals surface area contributed by atoms with E-state index < -0.39 is 11.2 Å². The van der Waals surface area contributed by atoms with Crippen LogP contribution in [0.15, 0.2) is 93.4 Å². The molecule has 0 N–H and O–H groups in total. The molecule has 0 unspecified atom stereocenters. The minimum Gasteiger partial charge on any atom is -0.493 e. The van der Waals surface area contributed by atoms with E-state index in [-0.39, 0.29) is 35.4 Å². The van der Waals surface area contributed by atoms with Gasteiger partial charge in [-0.15, -0.1) is 0 Å². The van der Waals surface area contributed by atoms with Crippen LogP contribution in [-0.4, -0.2) is 36.0 Å². The third-order valence-corrected chi connectivity index (χ3v) is 10.0. The number of nitrogens with zero attached hydrogens (tertiary/aromatic N) is 5. The van der Waals surface area contributed by atoms with E-state index in [0.717, 1.165) is 21.0 Å². The van der Waals surface area contributed by atoms with Crippen LogP contribution < -0.4 is 25.6 Å². The minimum atomic E-state index is -0.548. The third kappa shape index (κ3) is 5.80. The van der Waals surface area contributed by atoms with Gasteiger partial charge in [0.1, 0.15) is 0 Å². The van der Waals surface area contributed by atoms with Crippen molar-refractivity contribution in [2.75, 3.05) is 12.0 Å². The molecule has 10 nitrogen and oxygen atoms in total. The molecule has 1 saturated heterocycles. The van der Waals surface area contributed by atoms with E-state index in [1.165, 1.54) is 37.5 Å². The average molecular weight is 731 g/mol. The van der Waals surface area contributed by atoms with Crippen molar-refractivity contribution in [1.82, 2.24) is 18.7 Å². The number of aryl methyl sites for hydroxylation is 1. The maximum Gasteiger partial charge on any atom is 0.332 e. The Morgan fingerprint density at radius 2 is 1.69 bits per heavy atom. The predicted molar refractivity (Wildman–Crippen MR) is 198 cm³/mol. The van der Waals surface area contributed by atoms with E-state index in [2.05, 4.69) is 4.98 Å². The smallest absolute Gasteiger partial charge is 0.332 e. The summed E-state index contributed by atoms with van der Waals surface area (Å²) >= 11 is 19.5. The quantitative estimate of drug-likeness (QED) is 0.126. The molecule has 0 atom stereocenters. The summed E-state index contributed by atoms with van der Waals surface area (Å²) in [7, 11) is 4.41. The Labute approximate surface area is 298 Å². The molecular weight excluding hydrogens is 705 g/mol. The predicted octanol–water partition coefficient (Wildman–Crippen LogP) is 7.15. The van der Waals surface area contributed by atoms with Crippen LogP contribution in [0.5, 0.6) is 17.5 Å². The number of halogens is 2. The number of carbonyl (C=O) groups excluding carboxylic acids is 1. The van der Waals surface area contributed by atoms with Crippen molar-refractivity contribution in [3.8, 4) is 17.5 Å². The van der Waals surface area contributed by atoms with Crippen molar-refractivity contribution in [3.63, 3.8) is 0 Å². The Balaban J connectivity index is 1.25. The molecule has 49 heavy (non-hydrogen) atoms. The molecule has 7 rings (SSSR count). The van der Waals surface area contributed by atoms with Gasteiger partial charge in [-0.3, -0.25) is 28.2 Å². The number of thiocarbonyl (C=S) groups is 1. The van der Waals surface area contributed by atoms with Crippen molar-refractivity contribution in [2.24, 2.45) is 14.1 Å². The fraction of sp³-hybridized carbons (Fsp3) is 0.114. The number of carbonyl (C=O) groups is 1. The maximum absolute atomic E-state index is 13.7. The zero-order chi connectivity index (χ0) is 34.6. The largest absolute Gasteiger partial charge is 0.493 e. The van der Waals surface area contributed by atoms with E-state index >= 15 is 0 Å². The van der Waals surface area contributed by atoms with Crippen molar-refractivity contribution in [1.29, 1.82) is 0 Å². The number of benzene rings is 4. The van der Waals surface area contributed by atoms with E-state index in [1.807, 2.05) is 42.5 Å². The molecule has 4 aromatic carbocycles. The molecule has 1 aliphatic rings. The topological polar surface area (TPSA) is 101 Å². The van der Waals surface area contributed by atoms with Gasteiger partial charge in [0.25, 0.3) is 11.5 Å². The second-order valence-electron chi connectivity index (χ2n) is 11.1. The summed E-state index contributed by atoms with van der Waals surface area (Å²) < 4.78 is 16.2. The Bertz CT molecular complexity index is 2520. The lowest BCUT2D eigenvalue weighted by Crippen LogP contribution is -2.37. The second-order valence-corrected chi connectivity index (χ2v) is 13.6. The summed E-state index contributed by atoms with van der Waals surface area (Å²) in [5.74, 6) is 0.388. The molecule has 246 valence electrons. The van der Waals surface area contributed by atoms with Crippen LogP contribution in [0.3, 0.4) is 0 Å². The minimum absolute atomic E-state index is 0.0290. The second kappa shape index (κ2) is 12.9. The van der Waals surface area contributed by atoms with Crippen molar-refractivity contribution < 1.29 is 14.3 Å². The highest BCUT2D eigenvalue weighted by molar-refractivity contribution is 8.27. The fourth-order valence-corrected chi connectivity index (χ4v) is 7.41. The van der Waals surface area contributed by atoms with Gasteiger partial charge in [0, 0.05) is 29.5 Å². The third-order valence-electron chi connectivity index (χ3n) is 8.14. The van der Waals surface area contributed by atoms with Gasteiger partial charge < -0.3 is 9.47 Å². The molecule has 2 aromatic heterocycles. The molecule has 0 radical (unpaired) electrons. The van der Waals surface area contributed by atoms with E-state index in [4.69, 9.17) is 44.9 Å². The van der Waals surface area contributed by atoms with E-state index in [0.29, 0.717) is 36.1 Å². The number of imidazole rings is 1. The van der Waals surface area contributed by atoms with Gasteiger partial charge in [0.15, 0.2) is 27.0 Å². The first kappa shape index (κ1) is 32.7. The van der Waals surface area contributed by atoms with E-state index in [1.54, 1.807) is 51.9 Å². The molecule has 0 saturated carbocycles. The first-order valence-electron chi connectivity index (χ1n) is 14.8. The number of methoxy groups -OCH3 is 1. The molecule has 1 fully saturated rings. The van der Waals surface area contributed by atoms with Gasteiger partial charge in [0.05, 0.1) is 24.2 Å². The molecule has 0 aliphatic carbocycles. The summed E-state index contributed by atoms with van der Waals surface area (Å²) in [6, 6.07) is 23.8. The lowest BCUT2D eigenvalue weighted by molar-refractivity contribution is -0.113. The molecule has 0 bridgehead atoms. The maximum atomic E-state index is 13.7. The van der Waals surface area contributed by atoms with Crippen LogP contribution in [0.1, 0.15) is 11.1 Å². The number of amides is 1. The van der Waals surface area contributed by atoms with Crippen LogP contribution in [0.25, 0.3) is 28.0 Å². The number of thioether (sulfide) groups is 1. The van der Waals surface area contributed by atoms with Crippen LogP contribution in [0, 0.1) is 0 Å². The summed E-state index contributed by atoms with van der Waals surface area (Å²) in [6.45, 7) is 0.0915. The molecule has 1 aliphatic heterocycles.